The van der Waals surface area contributed by atoms with E-state index in [2.05, 4.69) is 10.6 Å². The Kier molecular flexibility index (Phi) is 12.0. The van der Waals surface area contributed by atoms with Crippen LogP contribution in [0.15, 0.2) is 48.5 Å². The zero-order valence-corrected chi connectivity index (χ0v) is 26.7. The fourth-order valence-electron chi connectivity index (χ4n) is 6.82. The van der Waals surface area contributed by atoms with Crippen molar-refractivity contribution < 1.29 is 33.9 Å². The topological polar surface area (TPSA) is 141 Å². The van der Waals surface area contributed by atoms with Gasteiger partial charge >= 0.3 is 13.2 Å². The molecule has 0 saturated carbocycles. The number of hydrogen-bond donors (Lipinski definition) is 4. The number of hydrogen-bond acceptors (Lipinski definition) is 8. The summed E-state index contributed by atoms with van der Waals surface area (Å²) >= 11 is 0. The van der Waals surface area contributed by atoms with Gasteiger partial charge in [0.15, 0.2) is 0 Å². The molecule has 3 heterocycles. The van der Waals surface area contributed by atoms with Gasteiger partial charge in [0, 0.05) is 31.6 Å². The van der Waals surface area contributed by atoms with E-state index in [4.69, 9.17) is 9.47 Å². The minimum absolute atomic E-state index is 0.0721. The Balaban J connectivity index is 1.34. The molecular formula is C34H47BN4O7. The smallest absolute Gasteiger partial charge is 0.475 e. The van der Waals surface area contributed by atoms with Gasteiger partial charge in [-0.05, 0) is 30.0 Å². The van der Waals surface area contributed by atoms with Crippen LogP contribution in [0.2, 0.25) is 0 Å². The Morgan fingerprint density at radius 1 is 0.935 bits per heavy atom. The van der Waals surface area contributed by atoms with Crippen molar-refractivity contribution in [2.24, 2.45) is 0 Å². The summed E-state index contributed by atoms with van der Waals surface area (Å²) in [4.78, 5) is 44.4. The molecule has 11 nitrogen and oxygen atoms in total. The Labute approximate surface area is 271 Å². The van der Waals surface area contributed by atoms with Gasteiger partial charge in [-0.3, -0.25) is 14.5 Å². The number of amides is 3. The van der Waals surface area contributed by atoms with Crippen LogP contribution in [0.5, 0.6) is 5.75 Å². The maximum atomic E-state index is 14.3. The van der Waals surface area contributed by atoms with Crippen molar-refractivity contribution >= 4 is 25.0 Å². The van der Waals surface area contributed by atoms with Gasteiger partial charge in [-0.2, -0.15) is 0 Å². The predicted octanol–water partition coefficient (Wildman–Crippen LogP) is 3.30. The van der Waals surface area contributed by atoms with Crippen LogP contribution in [0.1, 0.15) is 80.9 Å². The van der Waals surface area contributed by atoms with Gasteiger partial charge < -0.3 is 35.1 Å². The molecule has 0 bridgehead atoms. The molecule has 46 heavy (non-hydrogen) atoms. The molecule has 3 aliphatic rings. The summed E-state index contributed by atoms with van der Waals surface area (Å²) in [6.07, 6.45) is 6.64. The molecule has 2 aromatic carbocycles. The second kappa shape index (κ2) is 16.3. The highest BCUT2D eigenvalue weighted by Gasteiger charge is 2.44. The normalized spacial score (nSPS) is 24.6. The number of rotatable bonds is 6. The number of ether oxygens (including phenoxy) is 2. The first-order valence-corrected chi connectivity index (χ1v) is 16.7. The molecule has 3 amide bonds. The maximum absolute atomic E-state index is 14.3. The van der Waals surface area contributed by atoms with Crippen LogP contribution < -0.4 is 15.4 Å². The summed E-state index contributed by atoms with van der Waals surface area (Å²) in [6, 6.07) is 14.0. The summed E-state index contributed by atoms with van der Waals surface area (Å²) in [5.74, 6) is -0.857. The second-order valence-corrected chi connectivity index (χ2v) is 12.7. The monoisotopic (exact) mass is 634 g/mol. The lowest BCUT2D eigenvalue weighted by Gasteiger charge is -2.30. The number of nitrogens with zero attached hydrogens (tertiary/aromatic N) is 2. The van der Waals surface area contributed by atoms with Crippen LogP contribution in [-0.2, 0) is 34.0 Å². The third kappa shape index (κ3) is 8.60. The fourth-order valence-corrected chi connectivity index (χ4v) is 6.82. The first-order chi connectivity index (χ1) is 22.3. The number of methoxy groups -OCH3 is 1. The Morgan fingerprint density at radius 3 is 2.24 bits per heavy atom. The van der Waals surface area contributed by atoms with Crippen molar-refractivity contribution in [3.63, 3.8) is 0 Å². The SMILES string of the molecule is COc1ccccc1CNC1CCCCCCCCC[C@H](B(O)O)NC(=O)[C@@H]2C[C@@H](OC(=O)N3Cc4ccccc4C3)CN2C1=O. The zero-order chi connectivity index (χ0) is 32.5. The molecule has 2 saturated heterocycles. The van der Waals surface area contributed by atoms with Crippen LogP contribution in [0, 0.1) is 0 Å². The van der Waals surface area contributed by atoms with E-state index in [0.717, 1.165) is 67.4 Å². The molecule has 2 fully saturated rings. The summed E-state index contributed by atoms with van der Waals surface area (Å²) in [5, 5.41) is 26.4. The van der Waals surface area contributed by atoms with Gasteiger partial charge in [0.05, 0.1) is 25.6 Å². The third-order valence-corrected chi connectivity index (χ3v) is 9.44. The van der Waals surface area contributed by atoms with Gasteiger partial charge in [-0.25, -0.2) is 4.79 Å². The lowest BCUT2D eigenvalue weighted by molar-refractivity contribution is -0.140. The molecule has 3 aliphatic heterocycles. The number of carbonyl (C=O) groups excluding carboxylic acids is 3. The van der Waals surface area contributed by atoms with Gasteiger partial charge in [0.1, 0.15) is 17.9 Å². The number of para-hydroxylation sites is 1. The Morgan fingerprint density at radius 2 is 1.57 bits per heavy atom. The van der Waals surface area contributed by atoms with E-state index in [9.17, 15) is 24.4 Å². The second-order valence-electron chi connectivity index (χ2n) is 12.7. The van der Waals surface area contributed by atoms with Gasteiger partial charge in [-0.15, -0.1) is 0 Å². The molecule has 0 aromatic heterocycles. The lowest BCUT2D eigenvalue weighted by Crippen LogP contribution is -2.56. The Hall–Kier alpha value is -3.61. The number of benzene rings is 2. The van der Waals surface area contributed by atoms with E-state index in [1.54, 1.807) is 12.0 Å². The van der Waals surface area contributed by atoms with Crippen molar-refractivity contribution in [2.75, 3.05) is 13.7 Å². The van der Waals surface area contributed by atoms with Crippen LogP contribution in [0.3, 0.4) is 0 Å². The van der Waals surface area contributed by atoms with Gasteiger partial charge in [-0.1, -0.05) is 87.4 Å². The highest BCUT2D eigenvalue weighted by Crippen LogP contribution is 2.28. The molecule has 5 rings (SSSR count). The third-order valence-electron chi connectivity index (χ3n) is 9.44. The van der Waals surface area contributed by atoms with Crippen LogP contribution in [-0.4, -0.2) is 82.7 Å². The van der Waals surface area contributed by atoms with Crippen molar-refractivity contribution in [2.45, 2.75) is 108 Å². The summed E-state index contributed by atoms with van der Waals surface area (Å²) < 4.78 is 11.4. The van der Waals surface area contributed by atoms with E-state index in [1.807, 2.05) is 48.5 Å². The molecule has 0 aliphatic carbocycles. The average molecular weight is 635 g/mol. The zero-order valence-electron chi connectivity index (χ0n) is 26.7. The van der Waals surface area contributed by atoms with Crippen molar-refractivity contribution in [1.29, 1.82) is 0 Å². The van der Waals surface area contributed by atoms with Crippen molar-refractivity contribution in [3.8, 4) is 5.75 Å². The molecule has 2 aromatic rings. The van der Waals surface area contributed by atoms with Crippen LogP contribution >= 0.6 is 0 Å². The Bertz CT molecular complexity index is 1320. The molecule has 0 radical (unpaired) electrons. The molecule has 4 N–H and O–H groups in total. The highest BCUT2D eigenvalue weighted by atomic mass is 16.6. The summed E-state index contributed by atoms with van der Waals surface area (Å²) in [6.45, 7) is 1.36. The first-order valence-electron chi connectivity index (χ1n) is 16.7. The van der Waals surface area contributed by atoms with Crippen molar-refractivity contribution in [3.05, 3.63) is 65.2 Å². The van der Waals surface area contributed by atoms with E-state index >= 15 is 0 Å². The highest BCUT2D eigenvalue weighted by molar-refractivity contribution is 6.43. The van der Waals surface area contributed by atoms with E-state index < -0.39 is 43.2 Å². The fraction of sp³-hybridized carbons (Fsp3) is 0.559. The van der Waals surface area contributed by atoms with Gasteiger partial charge in [0.2, 0.25) is 11.8 Å². The quantitative estimate of drug-likeness (QED) is 0.355. The van der Waals surface area contributed by atoms with Crippen LogP contribution in [0.25, 0.3) is 0 Å². The minimum Gasteiger partial charge on any atom is -0.496 e. The number of fused-ring (bicyclic) bond motifs is 2. The first kappa shape index (κ1) is 33.7. The molecule has 1 unspecified atom stereocenters. The van der Waals surface area contributed by atoms with E-state index in [-0.39, 0.29) is 18.9 Å². The lowest BCUT2D eigenvalue weighted by atomic mass is 9.76. The molecule has 248 valence electrons. The molecular weight excluding hydrogens is 587 g/mol. The average Bonchev–Trinajstić information content (AvgIpc) is 3.69. The number of carbonyl (C=O) groups is 3. The summed E-state index contributed by atoms with van der Waals surface area (Å²) in [7, 11) is -0.114. The van der Waals surface area contributed by atoms with Gasteiger partial charge in [0.25, 0.3) is 0 Å². The molecule has 4 atom stereocenters. The summed E-state index contributed by atoms with van der Waals surface area (Å²) in [5.41, 5.74) is 3.06. The number of nitrogens with one attached hydrogen (secondary N) is 2. The largest absolute Gasteiger partial charge is 0.496 e. The van der Waals surface area contributed by atoms with E-state index in [1.165, 1.54) is 4.90 Å². The maximum Gasteiger partial charge on any atom is 0.475 e. The minimum atomic E-state index is -1.73. The predicted molar refractivity (Wildman–Crippen MR) is 173 cm³/mol. The van der Waals surface area contributed by atoms with Crippen LogP contribution in [0.4, 0.5) is 4.79 Å². The molecule has 12 heteroatoms. The van der Waals surface area contributed by atoms with E-state index in [0.29, 0.717) is 32.5 Å². The molecule has 0 spiro atoms. The van der Waals surface area contributed by atoms with Crippen molar-refractivity contribution in [1.82, 2.24) is 20.4 Å². The standard InChI is InChI=1S/C34H47BN4O7/c1-45-30-17-12-11-13-24(30)20-36-28-16-7-5-3-2-4-6-8-18-31(35(43)44)37-32(40)29-19-27(23-39(29)33(28)41)46-34(42)38-21-25-14-9-10-15-26(25)22-38/h9-15,17,27-29,31,36,43-44H,2-8,16,18-23H2,1H3,(H,37,40)/t27-,28?,29+,31-/m1/s1.